The molecule has 1 aromatic heterocycles. The molecule has 2 aromatic rings. The number of anilines is 1. The zero-order chi connectivity index (χ0) is 16.5. The number of hydrogen-bond donors (Lipinski definition) is 1. The lowest BCUT2D eigenvalue weighted by atomic mass is 10.1. The van der Waals surface area contributed by atoms with Crippen molar-refractivity contribution in [2.45, 2.75) is 6.18 Å². The highest BCUT2D eigenvalue weighted by Crippen LogP contribution is 2.33. The molecular weight excluding hydrogens is 364 g/mol. The van der Waals surface area contributed by atoms with Crippen LogP contribution >= 0.6 is 34.8 Å². The van der Waals surface area contributed by atoms with Gasteiger partial charge in [-0.2, -0.15) is 13.2 Å². The fourth-order valence-corrected chi connectivity index (χ4v) is 2.12. The molecule has 22 heavy (non-hydrogen) atoms. The summed E-state index contributed by atoms with van der Waals surface area (Å²) in [6.45, 7) is 0. The molecule has 1 heterocycles. The first-order valence-electron chi connectivity index (χ1n) is 5.69. The number of amides is 1. The van der Waals surface area contributed by atoms with E-state index in [0.717, 1.165) is 12.1 Å². The monoisotopic (exact) mass is 368 g/mol. The van der Waals surface area contributed by atoms with Crippen molar-refractivity contribution in [2.24, 2.45) is 0 Å². The van der Waals surface area contributed by atoms with Crippen molar-refractivity contribution in [3.05, 3.63) is 56.8 Å². The highest BCUT2D eigenvalue weighted by molar-refractivity contribution is 6.44. The van der Waals surface area contributed by atoms with Crippen LogP contribution in [0.4, 0.5) is 18.9 Å². The molecule has 0 saturated carbocycles. The van der Waals surface area contributed by atoms with Crippen LogP contribution in [-0.4, -0.2) is 10.9 Å². The molecule has 0 radical (unpaired) electrons. The van der Waals surface area contributed by atoms with Crippen molar-refractivity contribution in [3.63, 3.8) is 0 Å². The highest BCUT2D eigenvalue weighted by Gasteiger charge is 2.37. The minimum atomic E-state index is -4.82. The van der Waals surface area contributed by atoms with Gasteiger partial charge in [0.15, 0.2) is 5.69 Å². The zero-order valence-corrected chi connectivity index (χ0v) is 12.8. The van der Waals surface area contributed by atoms with Gasteiger partial charge in [0, 0.05) is 0 Å². The Morgan fingerprint density at radius 3 is 2.41 bits per heavy atom. The molecule has 1 amide bonds. The van der Waals surface area contributed by atoms with Crippen molar-refractivity contribution in [2.75, 3.05) is 5.32 Å². The SMILES string of the molecule is O=C(Nc1cccc(Cl)c1Cl)c1ccc(Cl)nc1C(F)(F)F. The second-order valence-electron chi connectivity index (χ2n) is 4.08. The fourth-order valence-electron chi connectivity index (χ4n) is 1.62. The standard InChI is InChI=1S/C13H6Cl3F3N2O/c14-7-2-1-3-8(10(7)16)20-12(22)6-4-5-9(15)21-11(6)13(17,18)19/h1-5H,(H,20,22). The Labute approximate surface area is 138 Å². The maximum absolute atomic E-state index is 12.9. The number of carbonyl (C=O) groups is 1. The summed E-state index contributed by atoms with van der Waals surface area (Å²) in [6.07, 6.45) is -4.82. The van der Waals surface area contributed by atoms with E-state index in [0.29, 0.717) is 0 Å². The first-order valence-corrected chi connectivity index (χ1v) is 6.82. The van der Waals surface area contributed by atoms with Crippen LogP contribution in [0.15, 0.2) is 30.3 Å². The van der Waals surface area contributed by atoms with Crippen LogP contribution < -0.4 is 5.32 Å². The van der Waals surface area contributed by atoms with Gasteiger partial charge in [-0.25, -0.2) is 4.98 Å². The smallest absolute Gasteiger partial charge is 0.321 e. The molecule has 0 bridgehead atoms. The van der Waals surface area contributed by atoms with Gasteiger partial charge in [0.1, 0.15) is 5.15 Å². The largest absolute Gasteiger partial charge is 0.434 e. The Kier molecular flexibility index (Phi) is 4.84. The number of rotatable bonds is 2. The average Bonchev–Trinajstić information content (AvgIpc) is 2.42. The Bertz CT molecular complexity index is 735. The number of aromatic nitrogens is 1. The van der Waals surface area contributed by atoms with Gasteiger partial charge in [-0.05, 0) is 24.3 Å². The Morgan fingerprint density at radius 1 is 1.09 bits per heavy atom. The predicted octanol–water partition coefficient (Wildman–Crippen LogP) is 5.31. The van der Waals surface area contributed by atoms with Gasteiger partial charge in [0.05, 0.1) is 21.3 Å². The summed E-state index contributed by atoms with van der Waals surface area (Å²) in [5.41, 5.74) is -1.97. The topological polar surface area (TPSA) is 42.0 Å². The predicted molar refractivity (Wildman–Crippen MR) is 78.7 cm³/mol. The quantitative estimate of drug-likeness (QED) is 0.729. The van der Waals surface area contributed by atoms with E-state index in [2.05, 4.69) is 10.3 Å². The summed E-state index contributed by atoms with van der Waals surface area (Å²) in [5, 5.41) is 2.07. The zero-order valence-electron chi connectivity index (χ0n) is 10.5. The van der Waals surface area contributed by atoms with Gasteiger partial charge in [-0.15, -0.1) is 0 Å². The number of nitrogens with one attached hydrogen (secondary N) is 1. The lowest BCUT2D eigenvalue weighted by molar-refractivity contribution is -0.141. The van der Waals surface area contributed by atoms with Crippen molar-refractivity contribution in [1.29, 1.82) is 0 Å². The van der Waals surface area contributed by atoms with Gasteiger partial charge in [-0.1, -0.05) is 40.9 Å². The molecule has 0 atom stereocenters. The summed E-state index contributed by atoms with van der Waals surface area (Å²) in [7, 11) is 0. The van der Waals surface area contributed by atoms with Crippen LogP contribution in [0.2, 0.25) is 15.2 Å². The second kappa shape index (κ2) is 6.32. The molecule has 116 valence electrons. The maximum Gasteiger partial charge on any atom is 0.434 e. The summed E-state index contributed by atoms with van der Waals surface area (Å²) < 4.78 is 38.8. The van der Waals surface area contributed by atoms with E-state index in [1.165, 1.54) is 18.2 Å². The van der Waals surface area contributed by atoms with Crippen LogP contribution in [0.1, 0.15) is 16.1 Å². The molecule has 1 aromatic carbocycles. The van der Waals surface area contributed by atoms with E-state index >= 15 is 0 Å². The van der Waals surface area contributed by atoms with Crippen molar-refractivity contribution in [1.82, 2.24) is 4.98 Å². The molecule has 9 heteroatoms. The first kappa shape index (κ1) is 16.9. The Morgan fingerprint density at radius 2 is 1.77 bits per heavy atom. The molecule has 0 unspecified atom stereocenters. The number of pyridine rings is 1. The molecule has 3 nitrogen and oxygen atoms in total. The molecule has 0 aliphatic carbocycles. The van der Waals surface area contributed by atoms with Gasteiger partial charge >= 0.3 is 6.18 Å². The number of benzene rings is 1. The molecule has 0 fully saturated rings. The first-order chi connectivity index (χ1) is 10.2. The molecule has 0 saturated heterocycles. The minimum absolute atomic E-state index is 0.0213. The van der Waals surface area contributed by atoms with Gasteiger partial charge in [-0.3, -0.25) is 4.79 Å². The van der Waals surface area contributed by atoms with Crippen LogP contribution in [0.3, 0.4) is 0 Å². The average molecular weight is 370 g/mol. The molecule has 2 rings (SSSR count). The van der Waals surface area contributed by atoms with Crippen LogP contribution in [0, 0.1) is 0 Å². The molecular formula is C13H6Cl3F3N2O. The van der Waals surface area contributed by atoms with E-state index in [4.69, 9.17) is 34.8 Å². The lowest BCUT2D eigenvalue weighted by Gasteiger charge is -2.13. The van der Waals surface area contributed by atoms with Gasteiger partial charge < -0.3 is 5.32 Å². The third-order valence-corrected chi connectivity index (χ3v) is 3.60. The third-order valence-electron chi connectivity index (χ3n) is 2.57. The molecule has 1 N–H and O–H groups in total. The maximum atomic E-state index is 12.9. The summed E-state index contributed by atoms with van der Waals surface area (Å²) in [6, 6.07) is 6.40. The Balaban J connectivity index is 2.40. The molecule has 0 aliphatic heterocycles. The third kappa shape index (κ3) is 3.63. The normalized spacial score (nSPS) is 11.4. The minimum Gasteiger partial charge on any atom is -0.321 e. The Hall–Kier alpha value is -1.50. The molecule has 0 aliphatic rings. The summed E-state index contributed by atoms with van der Waals surface area (Å²) in [4.78, 5) is 15.2. The van der Waals surface area contributed by atoms with E-state index in [9.17, 15) is 18.0 Å². The highest BCUT2D eigenvalue weighted by atomic mass is 35.5. The van der Waals surface area contributed by atoms with E-state index in [-0.39, 0.29) is 20.9 Å². The fraction of sp³-hybridized carbons (Fsp3) is 0.0769. The van der Waals surface area contributed by atoms with Crippen LogP contribution in [-0.2, 0) is 6.18 Å². The lowest BCUT2D eigenvalue weighted by Crippen LogP contribution is -2.20. The molecule has 0 spiro atoms. The van der Waals surface area contributed by atoms with Gasteiger partial charge in [0.2, 0.25) is 0 Å². The van der Waals surface area contributed by atoms with E-state index in [1.807, 2.05) is 0 Å². The van der Waals surface area contributed by atoms with Crippen molar-refractivity contribution in [3.8, 4) is 0 Å². The number of alkyl halides is 3. The van der Waals surface area contributed by atoms with Crippen molar-refractivity contribution < 1.29 is 18.0 Å². The van der Waals surface area contributed by atoms with E-state index < -0.39 is 23.3 Å². The van der Waals surface area contributed by atoms with E-state index in [1.54, 1.807) is 0 Å². The second-order valence-corrected chi connectivity index (χ2v) is 5.26. The van der Waals surface area contributed by atoms with Crippen LogP contribution in [0.5, 0.6) is 0 Å². The number of halogens is 6. The van der Waals surface area contributed by atoms with Gasteiger partial charge in [0.25, 0.3) is 5.91 Å². The van der Waals surface area contributed by atoms with Crippen LogP contribution in [0.25, 0.3) is 0 Å². The number of carbonyl (C=O) groups excluding carboxylic acids is 1. The summed E-state index contributed by atoms with van der Waals surface area (Å²) >= 11 is 17.1. The number of hydrogen-bond acceptors (Lipinski definition) is 2. The summed E-state index contributed by atoms with van der Waals surface area (Å²) in [5.74, 6) is -1.03. The van der Waals surface area contributed by atoms with Crippen molar-refractivity contribution >= 4 is 46.4 Å². The number of nitrogens with zero attached hydrogens (tertiary/aromatic N) is 1.